The van der Waals surface area contributed by atoms with Crippen molar-refractivity contribution in [1.29, 1.82) is 0 Å². The molecular weight excluding hydrogens is 364 g/mol. The second-order valence-electron chi connectivity index (χ2n) is 7.25. The maximum Gasteiger partial charge on any atom is 0.407 e. The number of rotatable bonds is 7. The van der Waals surface area contributed by atoms with E-state index in [4.69, 9.17) is 4.74 Å². The normalized spacial score (nSPS) is 12.0. The highest BCUT2D eigenvalue weighted by Gasteiger charge is 2.16. The largest absolute Gasteiger partial charge is 0.445 e. The van der Waals surface area contributed by atoms with E-state index in [1.54, 1.807) is 0 Å². The minimum atomic E-state index is -0.471. The second kappa shape index (κ2) is 8.78. The molecule has 0 heterocycles. The molecule has 0 unspecified atom stereocenters. The summed E-state index contributed by atoms with van der Waals surface area (Å²) in [5.41, 5.74) is 4.50. The summed E-state index contributed by atoms with van der Waals surface area (Å²) in [6.45, 7) is 0.628. The van der Waals surface area contributed by atoms with Gasteiger partial charge in [-0.1, -0.05) is 54.6 Å². The van der Waals surface area contributed by atoms with Crippen LogP contribution in [0.25, 0.3) is 10.8 Å². The van der Waals surface area contributed by atoms with Gasteiger partial charge in [0.05, 0.1) is 0 Å². The Morgan fingerprint density at radius 3 is 2.52 bits per heavy atom. The molecule has 0 radical (unpaired) electrons. The van der Waals surface area contributed by atoms with Crippen molar-refractivity contribution < 1.29 is 14.3 Å². The van der Waals surface area contributed by atoms with Crippen LogP contribution in [0.2, 0.25) is 0 Å². The van der Waals surface area contributed by atoms with E-state index in [0.29, 0.717) is 19.4 Å². The van der Waals surface area contributed by atoms with Crippen LogP contribution >= 0.6 is 0 Å². The number of amides is 2. The fourth-order valence-corrected chi connectivity index (χ4v) is 3.78. The number of aryl methyl sites for hydroxylation is 2. The first-order valence-electron chi connectivity index (χ1n) is 9.98. The summed E-state index contributed by atoms with van der Waals surface area (Å²) in [6.07, 6.45) is 2.54. The Bertz CT molecular complexity index is 1020. The predicted octanol–water partition coefficient (Wildman–Crippen LogP) is 4.58. The van der Waals surface area contributed by atoms with E-state index in [9.17, 15) is 9.59 Å². The molecule has 3 aromatic rings. The maximum absolute atomic E-state index is 12.3. The number of anilines is 1. The van der Waals surface area contributed by atoms with Crippen molar-refractivity contribution in [3.05, 3.63) is 77.4 Å². The van der Waals surface area contributed by atoms with Gasteiger partial charge in [-0.05, 0) is 47.4 Å². The quantitative estimate of drug-likeness (QED) is 0.582. The summed E-state index contributed by atoms with van der Waals surface area (Å²) in [6, 6.07) is 19.9. The average Bonchev–Trinajstić information content (AvgIpc) is 3.17. The summed E-state index contributed by atoms with van der Waals surface area (Å²) in [4.78, 5) is 24.1. The molecule has 2 amide bonds. The van der Waals surface area contributed by atoms with Crippen LogP contribution in [0.3, 0.4) is 0 Å². The summed E-state index contributed by atoms with van der Waals surface area (Å²) < 4.78 is 5.16. The van der Waals surface area contributed by atoms with Gasteiger partial charge in [-0.15, -0.1) is 0 Å². The van der Waals surface area contributed by atoms with Crippen LogP contribution in [-0.2, 0) is 29.0 Å². The molecule has 0 saturated heterocycles. The molecule has 0 atom stereocenters. The highest BCUT2D eigenvalue weighted by molar-refractivity contribution is 6.05. The summed E-state index contributed by atoms with van der Waals surface area (Å²) >= 11 is 0. The molecule has 0 aliphatic heterocycles. The van der Waals surface area contributed by atoms with E-state index in [-0.39, 0.29) is 12.5 Å². The van der Waals surface area contributed by atoms with Crippen LogP contribution in [0, 0.1) is 0 Å². The van der Waals surface area contributed by atoms with Crippen LogP contribution in [0.4, 0.5) is 10.5 Å². The Morgan fingerprint density at radius 2 is 1.69 bits per heavy atom. The molecular formula is C24H24N2O3. The van der Waals surface area contributed by atoms with E-state index < -0.39 is 6.09 Å². The van der Waals surface area contributed by atoms with Crippen molar-refractivity contribution in [3.63, 3.8) is 0 Å². The number of benzene rings is 3. The van der Waals surface area contributed by atoms with Crippen molar-refractivity contribution in [2.24, 2.45) is 0 Å². The molecule has 0 spiro atoms. The Kier molecular flexibility index (Phi) is 5.75. The third kappa shape index (κ3) is 4.57. The molecule has 0 bridgehead atoms. The zero-order valence-corrected chi connectivity index (χ0v) is 16.2. The topological polar surface area (TPSA) is 67.4 Å². The van der Waals surface area contributed by atoms with Gasteiger partial charge in [0.1, 0.15) is 6.61 Å². The third-order valence-corrected chi connectivity index (χ3v) is 5.21. The maximum atomic E-state index is 12.3. The first-order valence-corrected chi connectivity index (χ1v) is 9.98. The lowest BCUT2D eigenvalue weighted by Crippen LogP contribution is -2.26. The van der Waals surface area contributed by atoms with Crippen molar-refractivity contribution in [1.82, 2.24) is 5.32 Å². The Morgan fingerprint density at radius 1 is 0.897 bits per heavy atom. The number of hydrogen-bond donors (Lipinski definition) is 2. The van der Waals surface area contributed by atoms with Crippen LogP contribution < -0.4 is 10.6 Å². The van der Waals surface area contributed by atoms with Gasteiger partial charge in [0, 0.05) is 24.0 Å². The van der Waals surface area contributed by atoms with Gasteiger partial charge < -0.3 is 15.4 Å². The van der Waals surface area contributed by atoms with Crippen molar-refractivity contribution >= 4 is 28.5 Å². The lowest BCUT2D eigenvalue weighted by atomic mass is 10.0. The Balaban J connectivity index is 1.22. The average molecular weight is 388 g/mol. The molecule has 0 aromatic heterocycles. The molecule has 2 N–H and O–H groups in total. The summed E-state index contributed by atoms with van der Waals surface area (Å²) in [5, 5.41) is 8.09. The van der Waals surface area contributed by atoms with E-state index in [1.807, 2.05) is 42.5 Å². The van der Waals surface area contributed by atoms with Crippen LogP contribution in [0.1, 0.15) is 29.5 Å². The third-order valence-electron chi connectivity index (χ3n) is 5.21. The van der Waals surface area contributed by atoms with E-state index in [0.717, 1.165) is 29.5 Å². The van der Waals surface area contributed by atoms with Gasteiger partial charge >= 0.3 is 6.09 Å². The molecule has 148 valence electrons. The van der Waals surface area contributed by atoms with Gasteiger partial charge in [-0.25, -0.2) is 4.79 Å². The number of ether oxygens (including phenoxy) is 1. The number of carbonyl (C=O) groups excluding carboxylic acids is 2. The van der Waals surface area contributed by atoms with E-state index in [1.165, 1.54) is 16.5 Å². The van der Waals surface area contributed by atoms with Crippen molar-refractivity contribution in [3.8, 4) is 0 Å². The number of alkyl carbamates (subject to hydrolysis) is 1. The Hall–Kier alpha value is -3.34. The first kappa shape index (κ1) is 19.0. The van der Waals surface area contributed by atoms with Crippen LogP contribution in [0.5, 0.6) is 0 Å². The zero-order valence-electron chi connectivity index (χ0n) is 16.2. The number of nitrogens with one attached hydrogen (secondary N) is 2. The molecule has 29 heavy (non-hydrogen) atoms. The SMILES string of the molecule is O=C(CCCNC(=O)OCc1ccccc1)Nc1ccc2c3c(cccc13)CC2. The molecule has 5 nitrogen and oxygen atoms in total. The molecule has 1 aliphatic rings. The number of hydrogen-bond acceptors (Lipinski definition) is 3. The molecule has 5 heteroatoms. The van der Waals surface area contributed by atoms with E-state index in [2.05, 4.69) is 28.8 Å². The lowest BCUT2D eigenvalue weighted by molar-refractivity contribution is -0.116. The fraction of sp³-hybridized carbons (Fsp3) is 0.250. The first-order chi connectivity index (χ1) is 14.2. The molecule has 4 rings (SSSR count). The van der Waals surface area contributed by atoms with Gasteiger partial charge in [0.25, 0.3) is 0 Å². The molecule has 0 saturated carbocycles. The number of carbonyl (C=O) groups is 2. The fourth-order valence-electron chi connectivity index (χ4n) is 3.78. The van der Waals surface area contributed by atoms with Gasteiger partial charge in [-0.2, -0.15) is 0 Å². The monoisotopic (exact) mass is 388 g/mol. The van der Waals surface area contributed by atoms with Crippen molar-refractivity contribution in [2.45, 2.75) is 32.3 Å². The van der Waals surface area contributed by atoms with Gasteiger partial charge in [-0.3, -0.25) is 4.79 Å². The predicted molar refractivity (Wildman–Crippen MR) is 114 cm³/mol. The Labute approximate surface area is 170 Å². The zero-order chi connectivity index (χ0) is 20.1. The molecule has 1 aliphatic carbocycles. The minimum absolute atomic E-state index is 0.0526. The highest BCUT2D eigenvalue weighted by atomic mass is 16.5. The van der Waals surface area contributed by atoms with Gasteiger partial charge in [0.15, 0.2) is 0 Å². The molecule has 0 fully saturated rings. The molecule has 3 aromatic carbocycles. The van der Waals surface area contributed by atoms with Crippen molar-refractivity contribution in [2.75, 3.05) is 11.9 Å². The second-order valence-corrected chi connectivity index (χ2v) is 7.25. The van der Waals surface area contributed by atoms with Crippen LogP contribution in [0.15, 0.2) is 60.7 Å². The van der Waals surface area contributed by atoms with Gasteiger partial charge in [0.2, 0.25) is 5.91 Å². The van der Waals surface area contributed by atoms with Crippen LogP contribution in [-0.4, -0.2) is 18.5 Å². The summed E-state index contributed by atoms with van der Waals surface area (Å²) in [7, 11) is 0. The minimum Gasteiger partial charge on any atom is -0.445 e. The smallest absolute Gasteiger partial charge is 0.407 e. The lowest BCUT2D eigenvalue weighted by Gasteiger charge is -2.11. The summed E-state index contributed by atoms with van der Waals surface area (Å²) in [5.74, 6) is -0.0526. The van der Waals surface area contributed by atoms with E-state index >= 15 is 0 Å². The highest BCUT2D eigenvalue weighted by Crippen LogP contribution is 2.35. The standard InChI is InChI=1S/C24H24N2O3/c27-22(10-5-15-25-24(28)29-16-17-6-2-1-3-7-17)26-21-14-13-19-12-11-18-8-4-9-20(21)23(18)19/h1-4,6-9,13-14H,5,10-12,15-16H2,(H,25,28)(H,26,27).